The molecule has 0 aromatic heterocycles. The van der Waals surface area contributed by atoms with Crippen molar-refractivity contribution >= 4 is 11.6 Å². The highest BCUT2D eigenvalue weighted by Gasteiger charge is 2.04. The highest BCUT2D eigenvalue weighted by molar-refractivity contribution is 6.33. The largest absolute Gasteiger partial charge is 0.497 e. The number of ether oxygens (including phenoxy) is 1. The quantitative estimate of drug-likeness (QED) is 0.761. The van der Waals surface area contributed by atoms with E-state index < -0.39 is 0 Å². The third-order valence-electron chi connectivity index (χ3n) is 2.33. The Morgan fingerprint density at radius 3 is 2.31 bits per heavy atom. The minimum atomic E-state index is -0.256. The van der Waals surface area contributed by atoms with Crippen molar-refractivity contribution in [2.75, 3.05) is 7.11 Å². The first-order chi connectivity index (χ1) is 7.70. The highest BCUT2D eigenvalue weighted by atomic mass is 35.5. The molecule has 0 N–H and O–H groups in total. The molecule has 0 heterocycles. The minimum absolute atomic E-state index is 0.256. The summed E-state index contributed by atoms with van der Waals surface area (Å²) in [5.74, 6) is 0.448. The maximum atomic E-state index is 12.8. The summed E-state index contributed by atoms with van der Waals surface area (Å²) in [6.07, 6.45) is 0. The zero-order valence-electron chi connectivity index (χ0n) is 8.71. The Balaban J connectivity index is 2.44. The lowest BCUT2D eigenvalue weighted by Gasteiger charge is -2.06. The van der Waals surface area contributed by atoms with Gasteiger partial charge in [0.05, 0.1) is 12.1 Å². The maximum absolute atomic E-state index is 12.8. The van der Waals surface area contributed by atoms with Crippen molar-refractivity contribution in [1.29, 1.82) is 0 Å². The Bertz CT molecular complexity index is 494. The Morgan fingerprint density at radius 2 is 1.75 bits per heavy atom. The van der Waals surface area contributed by atoms with Gasteiger partial charge in [-0.15, -0.1) is 0 Å². The molecule has 0 radical (unpaired) electrons. The van der Waals surface area contributed by atoms with Crippen molar-refractivity contribution in [3.63, 3.8) is 0 Å². The van der Waals surface area contributed by atoms with Gasteiger partial charge in [0.1, 0.15) is 11.6 Å². The monoisotopic (exact) mass is 236 g/mol. The van der Waals surface area contributed by atoms with Gasteiger partial charge in [0.15, 0.2) is 0 Å². The van der Waals surface area contributed by atoms with Crippen molar-refractivity contribution in [2.24, 2.45) is 0 Å². The molecule has 0 aliphatic carbocycles. The van der Waals surface area contributed by atoms with Gasteiger partial charge in [0, 0.05) is 5.56 Å². The van der Waals surface area contributed by atoms with E-state index >= 15 is 0 Å². The Hall–Kier alpha value is -1.54. The van der Waals surface area contributed by atoms with Crippen LogP contribution in [0.2, 0.25) is 5.02 Å². The van der Waals surface area contributed by atoms with Crippen molar-refractivity contribution in [3.8, 4) is 16.9 Å². The summed E-state index contributed by atoms with van der Waals surface area (Å²) in [6, 6.07) is 11.6. The molecule has 2 aromatic rings. The van der Waals surface area contributed by atoms with Gasteiger partial charge in [-0.25, -0.2) is 4.39 Å². The molecule has 0 fully saturated rings. The molecule has 2 rings (SSSR count). The average molecular weight is 237 g/mol. The number of halogens is 2. The van der Waals surface area contributed by atoms with E-state index in [4.69, 9.17) is 16.3 Å². The average Bonchev–Trinajstić information content (AvgIpc) is 2.30. The summed E-state index contributed by atoms with van der Waals surface area (Å²) >= 11 is 6.11. The Morgan fingerprint density at radius 1 is 1.06 bits per heavy atom. The second kappa shape index (κ2) is 4.54. The summed E-state index contributed by atoms with van der Waals surface area (Å²) in [5.41, 5.74) is 1.75. The molecule has 0 aliphatic rings. The van der Waals surface area contributed by atoms with E-state index in [2.05, 4.69) is 0 Å². The molecule has 0 bridgehead atoms. The van der Waals surface area contributed by atoms with Gasteiger partial charge in [-0.1, -0.05) is 23.7 Å². The molecule has 1 nitrogen and oxygen atoms in total. The van der Waals surface area contributed by atoms with Crippen LogP contribution in [0.4, 0.5) is 4.39 Å². The lowest BCUT2D eigenvalue weighted by Crippen LogP contribution is -1.85. The molecule has 82 valence electrons. The third kappa shape index (κ3) is 2.17. The molecule has 0 unspecified atom stereocenters. The molecule has 16 heavy (non-hydrogen) atoms. The fraction of sp³-hybridized carbons (Fsp3) is 0.0769. The number of hydrogen-bond donors (Lipinski definition) is 0. The first-order valence-electron chi connectivity index (χ1n) is 4.80. The Kier molecular flexibility index (Phi) is 3.11. The van der Waals surface area contributed by atoms with Crippen LogP contribution in [0.5, 0.6) is 5.75 Å². The summed E-state index contributed by atoms with van der Waals surface area (Å²) in [7, 11) is 1.59. The van der Waals surface area contributed by atoms with Crippen LogP contribution in [-0.2, 0) is 0 Å². The molecular formula is C13H10ClFO. The molecule has 3 heteroatoms. The van der Waals surface area contributed by atoms with Crippen LogP contribution < -0.4 is 4.74 Å². The van der Waals surface area contributed by atoms with Crippen LogP contribution in [0.25, 0.3) is 11.1 Å². The molecule has 0 saturated heterocycles. The third-order valence-corrected chi connectivity index (χ3v) is 2.64. The minimum Gasteiger partial charge on any atom is -0.497 e. The van der Waals surface area contributed by atoms with E-state index in [9.17, 15) is 4.39 Å². The number of hydrogen-bond acceptors (Lipinski definition) is 1. The fourth-order valence-electron chi connectivity index (χ4n) is 1.49. The lowest BCUT2D eigenvalue weighted by atomic mass is 10.1. The predicted molar refractivity (Wildman–Crippen MR) is 63.4 cm³/mol. The zero-order chi connectivity index (χ0) is 11.5. The predicted octanol–water partition coefficient (Wildman–Crippen LogP) is 4.15. The first kappa shape index (κ1) is 11.0. The summed E-state index contributed by atoms with van der Waals surface area (Å²) in [5, 5.41) is 0.589. The van der Waals surface area contributed by atoms with Gasteiger partial charge in [-0.05, 0) is 35.9 Å². The van der Waals surface area contributed by atoms with Crippen molar-refractivity contribution < 1.29 is 9.13 Å². The van der Waals surface area contributed by atoms with E-state index in [0.717, 1.165) is 11.1 Å². The van der Waals surface area contributed by atoms with E-state index in [1.54, 1.807) is 25.3 Å². The summed E-state index contributed by atoms with van der Waals surface area (Å²) in [4.78, 5) is 0. The zero-order valence-corrected chi connectivity index (χ0v) is 9.46. The van der Waals surface area contributed by atoms with E-state index in [1.165, 1.54) is 12.1 Å². The van der Waals surface area contributed by atoms with Crippen LogP contribution in [-0.4, -0.2) is 7.11 Å². The molecule has 0 saturated carbocycles. The van der Waals surface area contributed by atoms with Crippen LogP contribution in [0.3, 0.4) is 0 Å². The van der Waals surface area contributed by atoms with E-state index in [0.29, 0.717) is 10.8 Å². The topological polar surface area (TPSA) is 9.23 Å². The van der Waals surface area contributed by atoms with Crippen LogP contribution in [0.15, 0.2) is 42.5 Å². The summed E-state index contributed by atoms with van der Waals surface area (Å²) in [6.45, 7) is 0. The van der Waals surface area contributed by atoms with Gasteiger partial charge >= 0.3 is 0 Å². The molecule has 0 atom stereocenters. The highest BCUT2D eigenvalue weighted by Crippen LogP contribution is 2.30. The van der Waals surface area contributed by atoms with Gasteiger partial charge in [-0.2, -0.15) is 0 Å². The second-order valence-corrected chi connectivity index (χ2v) is 3.76. The number of rotatable bonds is 2. The second-order valence-electron chi connectivity index (χ2n) is 3.35. The van der Waals surface area contributed by atoms with Crippen LogP contribution >= 0.6 is 11.6 Å². The van der Waals surface area contributed by atoms with E-state index in [-0.39, 0.29) is 5.82 Å². The normalized spacial score (nSPS) is 10.2. The molecule has 0 amide bonds. The Labute approximate surface area is 98.4 Å². The molecule has 0 spiro atoms. The molecule has 2 aromatic carbocycles. The standard InChI is InChI=1S/C13H10ClFO/c1-16-11-6-7-12(13(14)8-11)9-2-4-10(15)5-3-9/h2-8H,1H3. The van der Waals surface area contributed by atoms with E-state index in [1.807, 2.05) is 12.1 Å². The van der Waals surface area contributed by atoms with Gasteiger partial charge in [0.2, 0.25) is 0 Å². The van der Waals surface area contributed by atoms with Crippen molar-refractivity contribution in [2.45, 2.75) is 0 Å². The molecular weight excluding hydrogens is 227 g/mol. The summed E-state index contributed by atoms with van der Waals surface area (Å²) < 4.78 is 17.8. The number of benzene rings is 2. The van der Waals surface area contributed by atoms with Gasteiger partial charge in [0.25, 0.3) is 0 Å². The van der Waals surface area contributed by atoms with Gasteiger partial charge < -0.3 is 4.74 Å². The lowest BCUT2D eigenvalue weighted by molar-refractivity contribution is 0.415. The van der Waals surface area contributed by atoms with Gasteiger partial charge in [-0.3, -0.25) is 0 Å². The number of methoxy groups -OCH3 is 1. The van der Waals surface area contributed by atoms with Crippen LogP contribution in [0.1, 0.15) is 0 Å². The SMILES string of the molecule is COc1ccc(-c2ccc(F)cc2)c(Cl)c1. The first-order valence-corrected chi connectivity index (χ1v) is 5.18. The van der Waals surface area contributed by atoms with Crippen molar-refractivity contribution in [1.82, 2.24) is 0 Å². The smallest absolute Gasteiger partial charge is 0.123 e. The molecule has 0 aliphatic heterocycles. The fourth-order valence-corrected chi connectivity index (χ4v) is 1.77. The maximum Gasteiger partial charge on any atom is 0.123 e. The van der Waals surface area contributed by atoms with Crippen LogP contribution in [0, 0.1) is 5.82 Å². The van der Waals surface area contributed by atoms with Crippen molar-refractivity contribution in [3.05, 3.63) is 53.3 Å².